The number of halogens is 3. The fraction of sp³-hybridized carbons (Fsp3) is 0.172. The van der Waals surface area contributed by atoms with Gasteiger partial charge in [0, 0.05) is 29.0 Å². The van der Waals surface area contributed by atoms with E-state index in [1.165, 1.54) is 18.2 Å². The maximum atomic E-state index is 13.8. The van der Waals surface area contributed by atoms with Crippen LogP contribution in [0.25, 0.3) is 0 Å². The number of anilines is 4. The first kappa shape index (κ1) is 31.6. The van der Waals surface area contributed by atoms with Gasteiger partial charge in [-0.05, 0) is 75.2 Å². The van der Waals surface area contributed by atoms with Crippen molar-refractivity contribution < 1.29 is 18.4 Å². The molecular formula is C29H31ClF2N6O2. The van der Waals surface area contributed by atoms with Crippen molar-refractivity contribution in [1.29, 1.82) is 0 Å². The zero-order valence-electron chi connectivity index (χ0n) is 21.7. The number of carbonyl (C=O) groups is 2. The van der Waals surface area contributed by atoms with Crippen LogP contribution in [0.2, 0.25) is 5.15 Å². The minimum absolute atomic E-state index is 0. The van der Waals surface area contributed by atoms with E-state index >= 15 is 0 Å². The van der Waals surface area contributed by atoms with E-state index in [2.05, 4.69) is 31.2 Å². The number of nitrogens with zero attached hydrogens (tertiary/aromatic N) is 2. The lowest BCUT2D eigenvalue weighted by Crippen LogP contribution is -2.20. The van der Waals surface area contributed by atoms with Crippen LogP contribution in [0, 0.1) is 39.3 Å². The van der Waals surface area contributed by atoms with Crippen molar-refractivity contribution >= 4 is 46.4 Å². The number of carbonyl (C=O) groups excluding carboxylic acids is 2. The summed E-state index contributed by atoms with van der Waals surface area (Å²) in [7, 11) is 0. The van der Waals surface area contributed by atoms with Crippen molar-refractivity contribution in [2.45, 2.75) is 35.1 Å². The molecule has 40 heavy (non-hydrogen) atoms. The number of rotatable bonds is 4. The Bertz CT molecular complexity index is 1480. The zero-order valence-corrected chi connectivity index (χ0v) is 22.5. The van der Waals surface area contributed by atoms with Crippen molar-refractivity contribution in [2.24, 2.45) is 0 Å². The Labute approximate surface area is 237 Å². The van der Waals surface area contributed by atoms with Gasteiger partial charge in [0.15, 0.2) is 0 Å². The van der Waals surface area contributed by atoms with E-state index in [0.717, 1.165) is 5.69 Å². The fourth-order valence-corrected chi connectivity index (χ4v) is 3.63. The van der Waals surface area contributed by atoms with Crippen LogP contribution in [0.15, 0.2) is 66.9 Å². The number of aromatic nitrogens is 2. The van der Waals surface area contributed by atoms with Gasteiger partial charge in [0.2, 0.25) is 0 Å². The van der Waals surface area contributed by atoms with E-state index in [0.29, 0.717) is 28.2 Å². The highest BCUT2D eigenvalue weighted by Crippen LogP contribution is 2.19. The molecule has 0 unspecified atom stereocenters. The monoisotopic (exact) mass is 568 g/mol. The Balaban J connectivity index is 0.000000274. The Hall–Kier alpha value is -4.57. The summed E-state index contributed by atoms with van der Waals surface area (Å²) in [4.78, 5) is 31.6. The third-order valence-corrected chi connectivity index (χ3v) is 5.41. The molecule has 0 radical (unpaired) electrons. The molecule has 4 rings (SSSR count). The van der Waals surface area contributed by atoms with Gasteiger partial charge in [0.25, 0.3) is 0 Å². The molecule has 0 spiro atoms. The molecule has 0 saturated carbocycles. The highest BCUT2D eigenvalue weighted by molar-refractivity contribution is 6.29. The van der Waals surface area contributed by atoms with Crippen molar-refractivity contribution in [3.05, 3.63) is 106 Å². The quantitative estimate of drug-likeness (QED) is 0.186. The van der Waals surface area contributed by atoms with Crippen LogP contribution in [0.4, 0.5) is 41.1 Å². The molecule has 0 aliphatic rings. The third-order valence-electron chi connectivity index (χ3n) is 5.21. The summed E-state index contributed by atoms with van der Waals surface area (Å²) in [6.45, 7) is 6.85. The molecule has 2 heterocycles. The third kappa shape index (κ3) is 9.32. The first-order valence-corrected chi connectivity index (χ1v) is 12.1. The summed E-state index contributed by atoms with van der Waals surface area (Å²) in [5.41, 5.74) is 3.80. The summed E-state index contributed by atoms with van der Waals surface area (Å²) in [5.74, 6) is -0.879. The van der Waals surface area contributed by atoms with Crippen molar-refractivity contribution in [1.82, 2.24) is 9.97 Å². The maximum Gasteiger partial charge on any atom is 0.323 e. The minimum atomic E-state index is -0.545. The molecule has 2 aromatic carbocycles. The Morgan fingerprint density at radius 1 is 0.700 bits per heavy atom. The number of urea groups is 2. The minimum Gasteiger partial charge on any atom is -0.308 e. The lowest BCUT2D eigenvalue weighted by atomic mass is 10.2. The second kappa shape index (κ2) is 14.5. The van der Waals surface area contributed by atoms with Crippen LogP contribution < -0.4 is 21.3 Å². The largest absolute Gasteiger partial charge is 0.323 e. The maximum absolute atomic E-state index is 13.8. The van der Waals surface area contributed by atoms with Gasteiger partial charge >= 0.3 is 12.1 Å². The zero-order chi connectivity index (χ0) is 28.5. The molecule has 8 nitrogen and oxygen atoms in total. The van der Waals surface area contributed by atoms with Crippen LogP contribution >= 0.6 is 11.6 Å². The van der Waals surface area contributed by atoms with Crippen LogP contribution in [-0.4, -0.2) is 22.0 Å². The van der Waals surface area contributed by atoms with E-state index in [1.807, 2.05) is 6.92 Å². The fourth-order valence-electron chi connectivity index (χ4n) is 3.38. The molecule has 210 valence electrons. The molecule has 0 saturated heterocycles. The van der Waals surface area contributed by atoms with Crippen LogP contribution in [0.1, 0.15) is 29.9 Å². The van der Waals surface area contributed by atoms with Crippen LogP contribution in [-0.2, 0) is 0 Å². The highest BCUT2D eigenvalue weighted by Gasteiger charge is 2.10. The molecule has 4 aromatic rings. The number of benzene rings is 2. The van der Waals surface area contributed by atoms with Gasteiger partial charge in [0.1, 0.15) is 16.8 Å². The molecular weight excluding hydrogens is 538 g/mol. The Morgan fingerprint density at radius 3 is 1.70 bits per heavy atom. The topological polar surface area (TPSA) is 108 Å². The van der Waals surface area contributed by atoms with Gasteiger partial charge in [-0.25, -0.2) is 23.4 Å². The second-order valence-electron chi connectivity index (χ2n) is 8.54. The molecule has 0 bridgehead atoms. The second-order valence-corrected chi connectivity index (χ2v) is 8.92. The van der Waals surface area contributed by atoms with Crippen molar-refractivity contribution in [3.8, 4) is 0 Å². The van der Waals surface area contributed by atoms with Gasteiger partial charge in [-0.1, -0.05) is 43.3 Å². The van der Waals surface area contributed by atoms with Crippen LogP contribution in [0.5, 0.6) is 0 Å². The van der Waals surface area contributed by atoms with Crippen molar-refractivity contribution in [2.75, 3.05) is 21.3 Å². The lowest BCUT2D eigenvalue weighted by Gasteiger charge is -2.10. The van der Waals surface area contributed by atoms with E-state index in [4.69, 9.17) is 11.6 Å². The van der Waals surface area contributed by atoms with Gasteiger partial charge < -0.3 is 21.3 Å². The van der Waals surface area contributed by atoms with E-state index in [-0.39, 0.29) is 24.0 Å². The summed E-state index contributed by atoms with van der Waals surface area (Å²) in [6, 6.07) is 15.2. The van der Waals surface area contributed by atoms with E-state index < -0.39 is 23.7 Å². The number of hydrogen-bond donors (Lipinski definition) is 4. The SMILES string of the molecule is C.Cc1cc(NC(=O)Nc2cccc(C)c2F)cc(Cl)n1.Cc1cc(NC(=O)Nc2cccc(C)c2F)ccn1. The van der Waals surface area contributed by atoms with Gasteiger partial charge in [-0.15, -0.1) is 0 Å². The first-order chi connectivity index (χ1) is 18.5. The molecule has 0 atom stereocenters. The number of aryl methyl sites for hydroxylation is 4. The number of nitrogens with one attached hydrogen (secondary N) is 4. The summed E-state index contributed by atoms with van der Waals surface area (Å²) in [6.07, 6.45) is 1.60. The number of hydrogen-bond acceptors (Lipinski definition) is 4. The standard InChI is InChI=1S/C14H13ClFN3O.C14H14FN3O.CH4/c1-8-4-3-5-11(13(8)16)19-14(20)18-10-6-9(2)17-12(15)7-10;1-9-4-3-5-12(13(9)15)18-14(19)17-11-6-7-16-10(2)8-11;/h3-7H,1-2H3,(H2,17,18,19,20);3-8H,1-2H3,(H2,16,17,18,19);1H4. The molecule has 0 aliphatic heterocycles. The normalized spacial score (nSPS) is 9.88. The average molecular weight is 569 g/mol. The van der Waals surface area contributed by atoms with E-state index in [1.54, 1.807) is 69.4 Å². The Morgan fingerprint density at radius 2 is 1.20 bits per heavy atom. The number of amides is 4. The predicted molar refractivity (Wildman–Crippen MR) is 157 cm³/mol. The average Bonchev–Trinajstić information content (AvgIpc) is 2.84. The molecule has 0 fully saturated rings. The molecule has 4 N–H and O–H groups in total. The van der Waals surface area contributed by atoms with Crippen LogP contribution in [0.3, 0.4) is 0 Å². The van der Waals surface area contributed by atoms with E-state index in [9.17, 15) is 18.4 Å². The molecule has 0 aliphatic carbocycles. The van der Waals surface area contributed by atoms with Crippen molar-refractivity contribution in [3.63, 3.8) is 0 Å². The molecule has 11 heteroatoms. The first-order valence-electron chi connectivity index (χ1n) is 11.7. The number of pyridine rings is 2. The summed E-state index contributed by atoms with van der Waals surface area (Å²) in [5, 5.41) is 10.4. The smallest absolute Gasteiger partial charge is 0.308 e. The lowest BCUT2D eigenvalue weighted by molar-refractivity contribution is 0.261. The summed E-state index contributed by atoms with van der Waals surface area (Å²) < 4.78 is 27.5. The predicted octanol–water partition coefficient (Wildman–Crippen LogP) is 8.25. The van der Waals surface area contributed by atoms with Gasteiger partial charge in [-0.2, -0.15) is 0 Å². The van der Waals surface area contributed by atoms with Gasteiger partial charge in [0.05, 0.1) is 11.4 Å². The summed E-state index contributed by atoms with van der Waals surface area (Å²) >= 11 is 5.80. The van der Waals surface area contributed by atoms with Gasteiger partial charge in [-0.3, -0.25) is 4.98 Å². The Kier molecular flexibility index (Phi) is 11.5. The molecule has 4 amide bonds. The highest BCUT2D eigenvalue weighted by atomic mass is 35.5. The molecule has 2 aromatic heterocycles.